The lowest BCUT2D eigenvalue weighted by Gasteiger charge is -2.10. The molecule has 0 saturated carbocycles. The average molecular weight is 386 g/mol. The Morgan fingerprint density at radius 2 is 1.52 bits per heavy atom. The second-order valence-corrected chi connectivity index (χ2v) is 7.29. The number of benzene rings is 3. The first kappa shape index (κ1) is 18.4. The van der Waals surface area contributed by atoms with Gasteiger partial charge in [-0.2, -0.15) is 0 Å². The van der Waals surface area contributed by atoms with Crippen LogP contribution in [-0.4, -0.2) is 19.4 Å². The minimum absolute atomic E-state index is 0.0606. The van der Waals surface area contributed by atoms with E-state index >= 15 is 0 Å². The number of hydrogen-bond acceptors (Lipinski definition) is 4. The van der Waals surface area contributed by atoms with E-state index in [1.807, 2.05) is 0 Å². The van der Waals surface area contributed by atoms with Crippen LogP contribution in [0.2, 0.25) is 0 Å². The van der Waals surface area contributed by atoms with E-state index in [2.05, 4.69) is 10.0 Å². The molecular formula is C19H15FN2O4S. The van der Waals surface area contributed by atoms with Crippen LogP contribution >= 0.6 is 0 Å². The zero-order chi connectivity index (χ0) is 19.4. The summed E-state index contributed by atoms with van der Waals surface area (Å²) in [6.07, 6.45) is 0. The molecule has 0 saturated heterocycles. The fraction of sp³-hybridized carbons (Fsp3) is 0. The van der Waals surface area contributed by atoms with Gasteiger partial charge in [0.2, 0.25) is 0 Å². The normalized spacial score (nSPS) is 11.0. The lowest BCUT2D eigenvalue weighted by atomic mass is 10.2. The molecule has 0 aliphatic rings. The number of carbonyl (C=O) groups excluding carboxylic acids is 1. The molecule has 0 aliphatic carbocycles. The highest BCUT2D eigenvalue weighted by molar-refractivity contribution is 7.92. The molecule has 0 heterocycles. The highest BCUT2D eigenvalue weighted by Crippen LogP contribution is 2.23. The van der Waals surface area contributed by atoms with Crippen LogP contribution in [0.5, 0.6) is 5.75 Å². The van der Waals surface area contributed by atoms with E-state index in [0.29, 0.717) is 0 Å². The van der Waals surface area contributed by atoms with Crippen LogP contribution in [0.25, 0.3) is 0 Å². The molecule has 3 N–H and O–H groups in total. The summed E-state index contributed by atoms with van der Waals surface area (Å²) in [5.41, 5.74) is 0.796. The fourth-order valence-electron chi connectivity index (χ4n) is 2.29. The number of para-hydroxylation sites is 2. The molecule has 3 rings (SSSR count). The molecule has 0 radical (unpaired) electrons. The Kier molecular flexibility index (Phi) is 5.09. The first-order valence-corrected chi connectivity index (χ1v) is 9.31. The van der Waals surface area contributed by atoms with Crippen molar-refractivity contribution in [1.29, 1.82) is 0 Å². The van der Waals surface area contributed by atoms with E-state index < -0.39 is 21.7 Å². The lowest BCUT2D eigenvalue weighted by Crippen LogP contribution is -2.14. The van der Waals surface area contributed by atoms with E-state index in [-0.39, 0.29) is 27.6 Å². The van der Waals surface area contributed by atoms with Gasteiger partial charge in [-0.15, -0.1) is 0 Å². The van der Waals surface area contributed by atoms with Gasteiger partial charge in [0.1, 0.15) is 11.6 Å². The van der Waals surface area contributed by atoms with Gasteiger partial charge in [0, 0.05) is 11.3 Å². The van der Waals surface area contributed by atoms with Crippen molar-refractivity contribution in [3.05, 3.63) is 84.2 Å². The van der Waals surface area contributed by atoms with Crippen molar-refractivity contribution in [3.8, 4) is 5.75 Å². The highest BCUT2D eigenvalue weighted by Gasteiger charge is 2.15. The third kappa shape index (κ3) is 4.42. The summed E-state index contributed by atoms with van der Waals surface area (Å²) < 4.78 is 39.8. The number of halogens is 1. The number of hydrogen-bond donors (Lipinski definition) is 3. The van der Waals surface area contributed by atoms with Crippen LogP contribution in [-0.2, 0) is 10.0 Å². The first-order chi connectivity index (χ1) is 12.8. The summed E-state index contributed by atoms with van der Waals surface area (Å²) in [5, 5.41) is 12.3. The number of carbonyl (C=O) groups is 1. The quantitative estimate of drug-likeness (QED) is 0.584. The van der Waals surface area contributed by atoms with Gasteiger partial charge in [-0.25, -0.2) is 12.8 Å². The Morgan fingerprint density at radius 3 is 2.15 bits per heavy atom. The summed E-state index contributed by atoms with van der Waals surface area (Å²) in [4.78, 5) is 12.1. The third-order valence-electron chi connectivity index (χ3n) is 3.68. The number of aromatic hydroxyl groups is 1. The van der Waals surface area contributed by atoms with Crippen LogP contribution in [0, 0.1) is 5.82 Å². The Bertz CT molecular complexity index is 1070. The number of phenolic OH excluding ortho intramolecular Hbond substituents is 1. The SMILES string of the molecule is O=C(Nc1ccccc1O)c1ccc(NS(=O)(=O)c2ccc(F)cc2)cc1. The van der Waals surface area contributed by atoms with Crippen LogP contribution < -0.4 is 10.0 Å². The zero-order valence-corrected chi connectivity index (χ0v) is 14.7. The number of anilines is 2. The maximum absolute atomic E-state index is 12.9. The molecule has 138 valence electrons. The van der Waals surface area contributed by atoms with Crippen molar-refractivity contribution in [1.82, 2.24) is 0 Å². The number of amides is 1. The molecule has 0 aromatic heterocycles. The molecule has 1 amide bonds. The molecule has 6 nitrogen and oxygen atoms in total. The van der Waals surface area contributed by atoms with Gasteiger partial charge in [-0.05, 0) is 60.7 Å². The van der Waals surface area contributed by atoms with Gasteiger partial charge in [-0.1, -0.05) is 12.1 Å². The molecule has 0 aliphatic heterocycles. The number of rotatable bonds is 5. The van der Waals surface area contributed by atoms with Gasteiger partial charge in [-0.3, -0.25) is 9.52 Å². The third-order valence-corrected chi connectivity index (χ3v) is 5.07. The van der Waals surface area contributed by atoms with Gasteiger partial charge < -0.3 is 10.4 Å². The van der Waals surface area contributed by atoms with E-state index in [1.54, 1.807) is 18.2 Å². The minimum atomic E-state index is -3.87. The van der Waals surface area contributed by atoms with E-state index in [4.69, 9.17) is 0 Å². The average Bonchev–Trinajstić information content (AvgIpc) is 2.64. The summed E-state index contributed by atoms with van der Waals surface area (Å²) in [7, 11) is -3.87. The zero-order valence-electron chi connectivity index (χ0n) is 13.9. The second-order valence-electron chi connectivity index (χ2n) is 5.61. The molecule has 3 aromatic carbocycles. The smallest absolute Gasteiger partial charge is 0.261 e. The topological polar surface area (TPSA) is 95.5 Å². The molecule has 0 bridgehead atoms. The molecule has 0 atom stereocenters. The van der Waals surface area contributed by atoms with E-state index in [0.717, 1.165) is 24.3 Å². The Hall–Kier alpha value is -3.39. The van der Waals surface area contributed by atoms with Crippen LogP contribution in [0.3, 0.4) is 0 Å². The van der Waals surface area contributed by atoms with Gasteiger partial charge >= 0.3 is 0 Å². The largest absolute Gasteiger partial charge is 0.506 e. The molecule has 0 unspecified atom stereocenters. The van der Waals surface area contributed by atoms with Crippen molar-refractivity contribution in [2.75, 3.05) is 10.0 Å². The van der Waals surface area contributed by atoms with Gasteiger partial charge in [0.05, 0.1) is 10.6 Å². The standard InChI is InChI=1S/C19H15FN2O4S/c20-14-7-11-16(12-8-14)27(25,26)22-15-9-5-13(6-10-15)19(24)21-17-3-1-2-4-18(17)23/h1-12,22-23H,(H,21,24). The van der Waals surface area contributed by atoms with Gasteiger partial charge in [0.15, 0.2) is 0 Å². The Morgan fingerprint density at radius 1 is 0.889 bits per heavy atom. The first-order valence-electron chi connectivity index (χ1n) is 7.83. The van der Waals surface area contributed by atoms with Crippen LogP contribution in [0.4, 0.5) is 15.8 Å². The summed E-state index contributed by atoms with van der Waals surface area (Å²) in [6, 6.07) is 16.5. The predicted octanol–water partition coefficient (Wildman–Crippen LogP) is 3.58. The highest BCUT2D eigenvalue weighted by atomic mass is 32.2. The summed E-state index contributed by atoms with van der Waals surface area (Å²) in [5.74, 6) is -1.05. The van der Waals surface area contributed by atoms with Crippen molar-refractivity contribution < 1.29 is 22.7 Å². The van der Waals surface area contributed by atoms with Crippen LogP contribution in [0.1, 0.15) is 10.4 Å². The molecule has 0 fully saturated rings. The van der Waals surface area contributed by atoms with Gasteiger partial charge in [0.25, 0.3) is 15.9 Å². The lowest BCUT2D eigenvalue weighted by molar-refractivity contribution is 0.102. The monoisotopic (exact) mass is 386 g/mol. The maximum Gasteiger partial charge on any atom is 0.261 e. The predicted molar refractivity (Wildman–Crippen MR) is 99.7 cm³/mol. The van der Waals surface area contributed by atoms with Crippen molar-refractivity contribution in [3.63, 3.8) is 0 Å². The number of sulfonamides is 1. The van der Waals surface area contributed by atoms with E-state index in [1.165, 1.54) is 30.3 Å². The minimum Gasteiger partial charge on any atom is -0.506 e. The molecule has 27 heavy (non-hydrogen) atoms. The molecule has 8 heteroatoms. The van der Waals surface area contributed by atoms with E-state index in [9.17, 15) is 22.7 Å². The van der Waals surface area contributed by atoms with Crippen molar-refractivity contribution in [2.24, 2.45) is 0 Å². The summed E-state index contributed by atoms with van der Waals surface area (Å²) >= 11 is 0. The Balaban J connectivity index is 1.72. The van der Waals surface area contributed by atoms with Crippen LogP contribution in [0.15, 0.2) is 77.7 Å². The summed E-state index contributed by atoms with van der Waals surface area (Å²) in [6.45, 7) is 0. The molecule has 3 aromatic rings. The molecule has 0 spiro atoms. The maximum atomic E-state index is 12.9. The van der Waals surface area contributed by atoms with Crippen molar-refractivity contribution >= 4 is 27.3 Å². The number of nitrogens with one attached hydrogen (secondary N) is 2. The van der Waals surface area contributed by atoms with Crippen molar-refractivity contribution in [2.45, 2.75) is 4.90 Å². The second kappa shape index (κ2) is 7.46. The molecular weight excluding hydrogens is 371 g/mol. The number of phenols is 1. The fourth-order valence-corrected chi connectivity index (χ4v) is 3.35. The Labute approximate surface area is 155 Å².